The van der Waals surface area contributed by atoms with Crippen LogP contribution < -0.4 is 9.88 Å². The van der Waals surface area contributed by atoms with Crippen LogP contribution in [0.15, 0.2) is 67.4 Å². The van der Waals surface area contributed by atoms with Gasteiger partial charge in [-0.15, -0.1) is 17.9 Å². The van der Waals surface area contributed by atoms with Crippen LogP contribution in [0.3, 0.4) is 0 Å². The first kappa shape index (κ1) is 18.6. The molecule has 2 heterocycles. The van der Waals surface area contributed by atoms with Crippen LogP contribution in [0, 0.1) is 9.77 Å². The fraction of sp³-hybridized carbons (Fsp3) is 0.0870. The Bertz CT molecular complexity index is 1340. The number of nitrogens with zero attached hydrogens (tertiary/aromatic N) is 2. The highest BCUT2D eigenvalue weighted by atomic mass is 32.1. The van der Waals surface area contributed by atoms with Gasteiger partial charge >= 0.3 is 0 Å². The predicted octanol–water partition coefficient (Wildman–Crippen LogP) is 4.85. The molecule has 0 bridgehead atoms. The predicted molar refractivity (Wildman–Crippen MR) is 119 cm³/mol. The zero-order chi connectivity index (χ0) is 19.7. The molecule has 4 aromatic rings. The second-order valence-corrected chi connectivity index (χ2v) is 8.22. The second kappa shape index (κ2) is 7.70. The van der Waals surface area contributed by atoms with Crippen molar-refractivity contribution >= 4 is 47.1 Å². The molecule has 0 aliphatic heterocycles. The van der Waals surface area contributed by atoms with Gasteiger partial charge in [0.1, 0.15) is 5.82 Å². The minimum atomic E-state index is -0.190. The lowest BCUT2D eigenvalue weighted by Crippen LogP contribution is -2.26. The van der Waals surface area contributed by atoms with E-state index in [2.05, 4.69) is 42.1 Å². The number of thiazole rings is 1. The van der Waals surface area contributed by atoms with Gasteiger partial charge in [0.2, 0.25) is 0 Å². The summed E-state index contributed by atoms with van der Waals surface area (Å²) >= 11 is 7.01. The van der Waals surface area contributed by atoms with Crippen molar-refractivity contribution in [1.82, 2.24) is 9.13 Å². The number of benzene rings is 2. The highest BCUT2D eigenvalue weighted by Gasteiger charge is 2.09. The molecule has 2 nitrogen and oxygen atoms in total. The van der Waals surface area contributed by atoms with Crippen molar-refractivity contribution in [3.63, 3.8) is 0 Å². The van der Waals surface area contributed by atoms with E-state index in [4.69, 9.17) is 12.2 Å². The monoisotopic (exact) mass is 406 g/mol. The summed E-state index contributed by atoms with van der Waals surface area (Å²) in [6.07, 6.45) is 6.00. The van der Waals surface area contributed by atoms with E-state index in [-0.39, 0.29) is 5.82 Å². The molecule has 0 fully saturated rings. The van der Waals surface area contributed by atoms with E-state index in [1.165, 1.54) is 6.07 Å². The van der Waals surface area contributed by atoms with E-state index in [0.29, 0.717) is 18.7 Å². The van der Waals surface area contributed by atoms with Crippen LogP contribution in [0.25, 0.3) is 23.6 Å². The molecule has 2 aromatic carbocycles. The van der Waals surface area contributed by atoms with Gasteiger partial charge in [0.05, 0.1) is 16.4 Å². The number of fused-ring (bicyclic) bond motifs is 1. The van der Waals surface area contributed by atoms with Gasteiger partial charge in [0.15, 0.2) is 3.95 Å². The van der Waals surface area contributed by atoms with Gasteiger partial charge < -0.3 is 9.13 Å². The maximum Gasteiger partial charge on any atom is 0.162 e. The molecule has 0 aliphatic carbocycles. The number of aromatic nitrogens is 2. The molecule has 0 radical (unpaired) electrons. The Kier molecular flexibility index (Phi) is 5.11. The van der Waals surface area contributed by atoms with E-state index < -0.39 is 0 Å². The Balaban J connectivity index is 1.87. The molecule has 5 heteroatoms. The Labute approximate surface area is 171 Å². The zero-order valence-electron chi connectivity index (χ0n) is 15.3. The van der Waals surface area contributed by atoms with E-state index in [9.17, 15) is 4.39 Å². The average molecular weight is 407 g/mol. The van der Waals surface area contributed by atoms with Gasteiger partial charge in [0, 0.05) is 34.8 Å². The molecular weight excluding hydrogens is 387 g/mol. The maximum absolute atomic E-state index is 14.2. The van der Waals surface area contributed by atoms with Gasteiger partial charge in [-0.2, -0.15) is 0 Å². The molecule has 0 N–H and O–H groups in total. The summed E-state index contributed by atoms with van der Waals surface area (Å²) in [5, 5.41) is 2.01. The zero-order valence-corrected chi connectivity index (χ0v) is 16.9. The smallest absolute Gasteiger partial charge is 0.162 e. The summed E-state index contributed by atoms with van der Waals surface area (Å²) < 4.78 is 20.0. The maximum atomic E-state index is 14.2. The molecule has 28 heavy (non-hydrogen) atoms. The van der Waals surface area contributed by atoms with Crippen molar-refractivity contribution in [2.75, 3.05) is 0 Å². The molecular formula is C23H19FN2S2. The highest BCUT2D eigenvalue weighted by molar-refractivity contribution is 7.73. The fourth-order valence-corrected chi connectivity index (χ4v) is 4.70. The Morgan fingerprint density at radius 1 is 1.11 bits per heavy atom. The van der Waals surface area contributed by atoms with Crippen molar-refractivity contribution in [1.29, 1.82) is 0 Å². The first-order valence-electron chi connectivity index (χ1n) is 8.91. The van der Waals surface area contributed by atoms with Gasteiger partial charge in [-0.05, 0) is 30.4 Å². The number of hydrogen-bond donors (Lipinski definition) is 0. The molecule has 0 atom stereocenters. The van der Waals surface area contributed by atoms with E-state index in [1.807, 2.05) is 34.9 Å². The van der Waals surface area contributed by atoms with Gasteiger partial charge in [-0.1, -0.05) is 49.1 Å². The lowest BCUT2D eigenvalue weighted by Gasteiger charge is -2.06. The summed E-state index contributed by atoms with van der Waals surface area (Å²) in [6.45, 7) is 9.11. The molecule has 0 aliphatic rings. The van der Waals surface area contributed by atoms with E-state index in [0.717, 1.165) is 30.3 Å². The van der Waals surface area contributed by atoms with Crippen LogP contribution >= 0.6 is 23.6 Å². The van der Waals surface area contributed by atoms with Crippen LogP contribution in [0.1, 0.15) is 11.1 Å². The highest BCUT2D eigenvalue weighted by Crippen LogP contribution is 2.23. The average Bonchev–Trinajstić information content (AvgIpc) is 3.17. The van der Waals surface area contributed by atoms with Gasteiger partial charge in [0.25, 0.3) is 0 Å². The summed E-state index contributed by atoms with van der Waals surface area (Å²) in [4.78, 5) is 0. The standard InChI is InChI=1S/C23H19FN2S2/c1-3-12-26-16(2)22(28-23(26)27)13-18-15-25(21-11-7-5-9-19(18)21)14-17-8-4-6-10-20(17)24/h3-11,13,15H,1-2,12,14H2/b22-13+. The van der Waals surface area contributed by atoms with Crippen LogP contribution in [0.2, 0.25) is 0 Å². The van der Waals surface area contributed by atoms with Crippen LogP contribution in [0.4, 0.5) is 4.39 Å². The third-order valence-electron chi connectivity index (χ3n) is 4.74. The quantitative estimate of drug-likeness (QED) is 0.340. The number of hydrogen-bond acceptors (Lipinski definition) is 2. The van der Waals surface area contributed by atoms with Crippen molar-refractivity contribution in [2.45, 2.75) is 13.1 Å². The lowest BCUT2D eigenvalue weighted by molar-refractivity contribution is 0.602. The van der Waals surface area contributed by atoms with E-state index >= 15 is 0 Å². The summed E-state index contributed by atoms with van der Waals surface area (Å²) in [7, 11) is 0. The molecule has 0 saturated heterocycles. The van der Waals surface area contributed by atoms with E-state index in [1.54, 1.807) is 17.4 Å². The summed E-state index contributed by atoms with van der Waals surface area (Å²) in [6, 6.07) is 15.1. The number of allylic oxidation sites excluding steroid dienone is 1. The van der Waals surface area contributed by atoms with Crippen molar-refractivity contribution in [3.05, 3.63) is 98.2 Å². The van der Waals surface area contributed by atoms with Gasteiger partial charge in [-0.3, -0.25) is 0 Å². The first-order valence-corrected chi connectivity index (χ1v) is 10.1. The Morgan fingerprint density at radius 3 is 2.64 bits per heavy atom. The lowest BCUT2D eigenvalue weighted by atomic mass is 10.1. The van der Waals surface area contributed by atoms with Crippen molar-refractivity contribution in [3.8, 4) is 0 Å². The summed E-state index contributed by atoms with van der Waals surface area (Å²) in [5.41, 5.74) is 2.80. The van der Waals surface area contributed by atoms with Crippen molar-refractivity contribution < 1.29 is 4.39 Å². The fourth-order valence-electron chi connectivity index (χ4n) is 3.35. The largest absolute Gasteiger partial charge is 0.342 e. The molecule has 0 unspecified atom stereocenters. The van der Waals surface area contributed by atoms with Crippen LogP contribution in [0.5, 0.6) is 0 Å². The van der Waals surface area contributed by atoms with Crippen molar-refractivity contribution in [2.24, 2.45) is 0 Å². The molecule has 4 rings (SSSR count). The normalized spacial score (nSPS) is 12.0. The molecule has 0 spiro atoms. The number of para-hydroxylation sites is 1. The minimum absolute atomic E-state index is 0.190. The second-order valence-electron chi connectivity index (χ2n) is 6.54. The number of halogens is 1. The SMILES string of the molecule is C=CCn1c(=S)s/c(=C/c2cn(Cc3ccccc3F)c3ccccc23)c1=C. The molecule has 140 valence electrons. The van der Waals surface area contributed by atoms with Crippen LogP contribution in [-0.4, -0.2) is 9.13 Å². The minimum Gasteiger partial charge on any atom is -0.342 e. The Morgan fingerprint density at radius 2 is 1.86 bits per heavy atom. The van der Waals surface area contributed by atoms with Gasteiger partial charge in [-0.25, -0.2) is 4.39 Å². The van der Waals surface area contributed by atoms with Crippen LogP contribution in [-0.2, 0) is 13.1 Å². The molecule has 0 amide bonds. The molecule has 0 saturated carbocycles. The third kappa shape index (κ3) is 3.39. The first-order chi connectivity index (χ1) is 13.6. The Hall–Kier alpha value is -2.76. The number of rotatable bonds is 5. The topological polar surface area (TPSA) is 9.86 Å². The third-order valence-corrected chi connectivity index (χ3v) is 6.18. The molecule has 2 aromatic heterocycles. The summed E-state index contributed by atoms with van der Waals surface area (Å²) in [5.74, 6) is -0.190.